The highest BCUT2D eigenvalue weighted by Crippen LogP contribution is 2.24. The van der Waals surface area contributed by atoms with Crippen molar-refractivity contribution in [2.24, 2.45) is 11.8 Å². The summed E-state index contributed by atoms with van der Waals surface area (Å²) >= 11 is 0. The fraction of sp³-hybridized carbons (Fsp3) is 1.00. The van der Waals surface area contributed by atoms with Gasteiger partial charge in [-0.05, 0) is 57.2 Å². The molecule has 0 amide bonds. The number of nitrogens with zero attached hydrogens (tertiary/aromatic N) is 1. The van der Waals surface area contributed by atoms with Crippen LogP contribution < -0.4 is 5.32 Å². The van der Waals surface area contributed by atoms with Crippen molar-refractivity contribution in [3.8, 4) is 0 Å². The average Bonchev–Trinajstić information content (AvgIpc) is 2.55. The normalized spacial score (nSPS) is 24.2. The molecule has 1 fully saturated rings. The number of hydrogen-bond donors (Lipinski definition) is 2. The molecule has 2 unspecified atom stereocenters. The van der Waals surface area contributed by atoms with Crippen molar-refractivity contribution in [3.05, 3.63) is 0 Å². The van der Waals surface area contributed by atoms with Crippen molar-refractivity contribution in [2.75, 3.05) is 32.7 Å². The number of hydrogen-bond acceptors (Lipinski definition) is 3. The Morgan fingerprint density at radius 2 is 2.06 bits per heavy atom. The van der Waals surface area contributed by atoms with E-state index in [4.69, 9.17) is 0 Å². The van der Waals surface area contributed by atoms with E-state index in [1.165, 1.54) is 19.3 Å². The first-order valence-corrected chi connectivity index (χ1v) is 7.74. The molecule has 0 aromatic carbocycles. The Bertz CT molecular complexity index is 209. The molecule has 1 rings (SSSR count). The third-order valence-electron chi connectivity index (χ3n) is 4.08. The summed E-state index contributed by atoms with van der Waals surface area (Å²) in [5.74, 6) is 1.69. The van der Waals surface area contributed by atoms with Crippen LogP contribution in [0, 0.1) is 11.8 Å². The summed E-state index contributed by atoms with van der Waals surface area (Å²) < 4.78 is 0. The molecule has 1 saturated heterocycles. The minimum atomic E-state index is -0.216. The molecule has 2 N–H and O–H groups in total. The molecule has 0 bridgehead atoms. The van der Waals surface area contributed by atoms with Crippen LogP contribution >= 0.6 is 0 Å². The molecule has 2 atom stereocenters. The highest BCUT2D eigenvalue weighted by molar-refractivity contribution is 4.74. The van der Waals surface area contributed by atoms with E-state index in [0.29, 0.717) is 0 Å². The van der Waals surface area contributed by atoms with Crippen LogP contribution in [-0.4, -0.2) is 48.8 Å². The molecule has 0 aromatic heterocycles. The zero-order chi connectivity index (χ0) is 13.4. The highest BCUT2D eigenvalue weighted by Gasteiger charge is 2.20. The molecule has 0 aliphatic carbocycles. The quantitative estimate of drug-likeness (QED) is 0.685. The first-order valence-electron chi connectivity index (χ1n) is 7.74. The molecule has 18 heavy (non-hydrogen) atoms. The van der Waals surface area contributed by atoms with Gasteiger partial charge in [0.1, 0.15) is 0 Å². The fourth-order valence-electron chi connectivity index (χ4n) is 2.84. The van der Waals surface area contributed by atoms with Crippen molar-refractivity contribution >= 4 is 0 Å². The average molecular weight is 256 g/mol. The Hall–Kier alpha value is -0.120. The summed E-state index contributed by atoms with van der Waals surface area (Å²) in [6, 6.07) is 0. The van der Waals surface area contributed by atoms with Gasteiger partial charge in [0.15, 0.2) is 0 Å². The maximum absolute atomic E-state index is 9.99. The van der Waals surface area contributed by atoms with Crippen LogP contribution in [0.15, 0.2) is 0 Å². The topological polar surface area (TPSA) is 35.5 Å². The van der Waals surface area contributed by atoms with Gasteiger partial charge in [0, 0.05) is 13.1 Å². The van der Waals surface area contributed by atoms with E-state index in [0.717, 1.165) is 51.0 Å². The van der Waals surface area contributed by atoms with Crippen LogP contribution in [0.1, 0.15) is 46.5 Å². The Balaban J connectivity index is 2.22. The lowest BCUT2D eigenvalue weighted by Gasteiger charge is -2.24. The van der Waals surface area contributed by atoms with E-state index in [1.54, 1.807) is 0 Å². The van der Waals surface area contributed by atoms with Gasteiger partial charge in [0.25, 0.3) is 0 Å². The van der Waals surface area contributed by atoms with E-state index in [-0.39, 0.29) is 6.10 Å². The predicted octanol–water partition coefficient (Wildman–Crippen LogP) is 2.10. The maximum Gasteiger partial charge on any atom is 0.0791 e. The second-order valence-corrected chi connectivity index (χ2v) is 6.09. The first-order chi connectivity index (χ1) is 8.63. The number of likely N-dealkylation sites (tertiary alicyclic amines) is 1. The van der Waals surface area contributed by atoms with E-state index in [2.05, 4.69) is 31.0 Å². The van der Waals surface area contributed by atoms with E-state index >= 15 is 0 Å². The fourth-order valence-corrected chi connectivity index (χ4v) is 2.84. The van der Waals surface area contributed by atoms with E-state index in [9.17, 15) is 5.11 Å². The third-order valence-corrected chi connectivity index (χ3v) is 4.08. The number of rotatable bonds is 7. The van der Waals surface area contributed by atoms with Gasteiger partial charge in [-0.15, -0.1) is 0 Å². The van der Waals surface area contributed by atoms with Crippen LogP contribution in [0.2, 0.25) is 0 Å². The number of nitrogens with one attached hydrogen (secondary N) is 1. The Kier molecular flexibility index (Phi) is 7.87. The SMILES string of the molecule is CCCNCC(O)CN1CCCC(C(C)C)CC1. The molecule has 108 valence electrons. The first kappa shape index (κ1) is 15.9. The predicted molar refractivity (Wildman–Crippen MR) is 77.8 cm³/mol. The summed E-state index contributed by atoms with van der Waals surface area (Å²) in [6.07, 6.45) is 4.86. The summed E-state index contributed by atoms with van der Waals surface area (Å²) in [6.45, 7) is 11.7. The van der Waals surface area contributed by atoms with Gasteiger partial charge in [-0.25, -0.2) is 0 Å². The van der Waals surface area contributed by atoms with Gasteiger partial charge in [-0.2, -0.15) is 0 Å². The molecule has 0 spiro atoms. The zero-order valence-electron chi connectivity index (χ0n) is 12.5. The largest absolute Gasteiger partial charge is 0.390 e. The number of aliphatic hydroxyl groups is 1. The second-order valence-electron chi connectivity index (χ2n) is 6.09. The zero-order valence-corrected chi connectivity index (χ0v) is 12.5. The van der Waals surface area contributed by atoms with Crippen molar-refractivity contribution in [3.63, 3.8) is 0 Å². The molecular formula is C15H32N2O. The number of aliphatic hydroxyl groups excluding tert-OH is 1. The maximum atomic E-state index is 9.99. The minimum absolute atomic E-state index is 0.216. The Morgan fingerprint density at radius 1 is 1.28 bits per heavy atom. The molecular weight excluding hydrogens is 224 g/mol. The van der Waals surface area contributed by atoms with Gasteiger partial charge < -0.3 is 15.3 Å². The van der Waals surface area contributed by atoms with E-state index < -0.39 is 0 Å². The summed E-state index contributed by atoms with van der Waals surface area (Å²) in [5.41, 5.74) is 0. The third kappa shape index (κ3) is 6.17. The van der Waals surface area contributed by atoms with Gasteiger partial charge in [-0.3, -0.25) is 0 Å². The molecule has 0 saturated carbocycles. The van der Waals surface area contributed by atoms with Crippen molar-refractivity contribution < 1.29 is 5.11 Å². The van der Waals surface area contributed by atoms with Gasteiger partial charge in [-0.1, -0.05) is 20.8 Å². The second kappa shape index (κ2) is 8.89. The van der Waals surface area contributed by atoms with Crippen LogP contribution in [-0.2, 0) is 0 Å². The van der Waals surface area contributed by atoms with Crippen molar-refractivity contribution in [1.29, 1.82) is 0 Å². The minimum Gasteiger partial charge on any atom is -0.390 e. The summed E-state index contributed by atoms with van der Waals surface area (Å²) in [5, 5.41) is 13.3. The highest BCUT2D eigenvalue weighted by atomic mass is 16.3. The molecule has 0 radical (unpaired) electrons. The Labute approximate surface area is 113 Å². The molecule has 0 aromatic rings. The van der Waals surface area contributed by atoms with Gasteiger partial charge in [0.05, 0.1) is 6.10 Å². The van der Waals surface area contributed by atoms with Crippen LogP contribution in [0.3, 0.4) is 0 Å². The molecule has 1 heterocycles. The van der Waals surface area contributed by atoms with Crippen LogP contribution in [0.4, 0.5) is 0 Å². The monoisotopic (exact) mass is 256 g/mol. The molecule has 1 aliphatic heterocycles. The lowest BCUT2D eigenvalue weighted by Crippen LogP contribution is -2.39. The van der Waals surface area contributed by atoms with Crippen molar-refractivity contribution in [2.45, 2.75) is 52.6 Å². The Morgan fingerprint density at radius 3 is 2.72 bits per heavy atom. The molecule has 3 heteroatoms. The summed E-state index contributed by atoms with van der Waals surface area (Å²) in [7, 11) is 0. The smallest absolute Gasteiger partial charge is 0.0791 e. The molecule has 3 nitrogen and oxygen atoms in total. The van der Waals surface area contributed by atoms with Gasteiger partial charge >= 0.3 is 0 Å². The van der Waals surface area contributed by atoms with Crippen molar-refractivity contribution in [1.82, 2.24) is 10.2 Å². The van der Waals surface area contributed by atoms with Crippen LogP contribution in [0.25, 0.3) is 0 Å². The number of β-amino-alcohol motifs (C(OH)–C–C–N with tert-alkyl or cyclic N) is 1. The molecule has 1 aliphatic rings. The van der Waals surface area contributed by atoms with Gasteiger partial charge in [0.2, 0.25) is 0 Å². The van der Waals surface area contributed by atoms with Crippen LogP contribution in [0.5, 0.6) is 0 Å². The van der Waals surface area contributed by atoms with E-state index in [1.807, 2.05) is 0 Å². The lowest BCUT2D eigenvalue weighted by atomic mass is 9.89. The summed E-state index contributed by atoms with van der Waals surface area (Å²) in [4.78, 5) is 2.45. The lowest BCUT2D eigenvalue weighted by molar-refractivity contribution is 0.112. The standard InChI is InChI=1S/C15H32N2O/c1-4-8-16-11-15(18)12-17-9-5-6-14(7-10-17)13(2)3/h13-16,18H,4-12H2,1-3H3.